The van der Waals surface area contributed by atoms with E-state index in [1.165, 1.54) is 38.5 Å². The first-order chi connectivity index (χ1) is 14.5. The predicted octanol–water partition coefficient (Wildman–Crippen LogP) is 4.12. The van der Waals surface area contributed by atoms with Crippen LogP contribution in [0.5, 0.6) is 23.0 Å². The first-order valence-electron chi connectivity index (χ1n) is 9.54. The van der Waals surface area contributed by atoms with Crippen molar-refractivity contribution >= 4 is 11.9 Å². The maximum absolute atomic E-state index is 11.0. The van der Waals surface area contributed by atoms with Crippen LogP contribution in [0.15, 0.2) is 36.4 Å². The minimum Gasteiger partial charge on any atom is -0.493 e. The number of aromatic carboxylic acids is 2. The molecule has 0 amide bonds. The summed E-state index contributed by atoms with van der Waals surface area (Å²) in [5, 5.41) is 18.0. The Hall–Kier alpha value is -3.42. The lowest BCUT2D eigenvalue weighted by molar-refractivity contribution is 0.0685. The van der Waals surface area contributed by atoms with Gasteiger partial charge in [-0.3, -0.25) is 0 Å². The molecule has 0 bridgehead atoms. The van der Waals surface area contributed by atoms with Gasteiger partial charge in [0.25, 0.3) is 0 Å². The van der Waals surface area contributed by atoms with Crippen molar-refractivity contribution in [3.05, 3.63) is 47.5 Å². The van der Waals surface area contributed by atoms with E-state index in [0.717, 1.165) is 25.7 Å². The second-order valence-electron chi connectivity index (χ2n) is 6.45. The van der Waals surface area contributed by atoms with Crippen molar-refractivity contribution in [3.63, 3.8) is 0 Å². The Balaban J connectivity index is 1.67. The number of ether oxygens (including phenoxy) is 4. The Labute approximate surface area is 175 Å². The van der Waals surface area contributed by atoms with Crippen LogP contribution in [0, 0.1) is 0 Å². The van der Waals surface area contributed by atoms with Crippen LogP contribution in [-0.2, 0) is 0 Å². The Morgan fingerprint density at radius 2 is 1.07 bits per heavy atom. The highest BCUT2D eigenvalue weighted by Gasteiger charge is 2.11. The summed E-state index contributed by atoms with van der Waals surface area (Å²) in [5.41, 5.74) is 0.293. The number of hydrogen-bond donors (Lipinski definition) is 2. The quantitative estimate of drug-likeness (QED) is 0.467. The molecule has 0 spiro atoms. The van der Waals surface area contributed by atoms with Crippen LogP contribution >= 0.6 is 0 Å². The molecule has 0 saturated heterocycles. The lowest BCUT2D eigenvalue weighted by Gasteiger charge is -2.12. The molecule has 30 heavy (non-hydrogen) atoms. The van der Waals surface area contributed by atoms with Crippen molar-refractivity contribution in [2.24, 2.45) is 0 Å². The highest BCUT2D eigenvalue weighted by molar-refractivity contribution is 5.89. The van der Waals surface area contributed by atoms with E-state index in [9.17, 15) is 9.59 Å². The van der Waals surface area contributed by atoms with Gasteiger partial charge in [0.1, 0.15) is 0 Å². The summed E-state index contributed by atoms with van der Waals surface area (Å²) in [6, 6.07) is 9.03. The van der Waals surface area contributed by atoms with E-state index < -0.39 is 11.9 Å². The van der Waals surface area contributed by atoms with Gasteiger partial charge >= 0.3 is 11.9 Å². The van der Waals surface area contributed by atoms with Crippen molar-refractivity contribution in [3.8, 4) is 23.0 Å². The Morgan fingerprint density at radius 1 is 0.667 bits per heavy atom. The highest BCUT2D eigenvalue weighted by atomic mass is 16.5. The Kier molecular flexibility index (Phi) is 8.80. The standard InChI is InChI=1S/C22H26O8/c1-27-19-13-15(21(23)24)7-9-17(19)29-11-5-3-4-6-12-30-18-10-8-16(22(25)26)14-20(18)28-2/h7-10,13-14H,3-6,11-12H2,1-2H3,(H,23,24)(H,25,26). The molecular weight excluding hydrogens is 392 g/mol. The van der Waals surface area contributed by atoms with E-state index in [-0.39, 0.29) is 11.1 Å². The number of hydrogen-bond acceptors (Lipinski definition) is 6. The van der Waals surface area contributed by atoms with Crippen LogP contribution in [0.25, 0.3) is 0 Å². The maximum atomic E-state index is 11.0. The van der Waals surface area contributed by atoms with Gasteiger partial charge in [-0.15, -0.1) is 0 Å². The number of methoxy groups -OCH3 is 2. The van der Waals surface area contributed by atoms with Crippen LogP contribution in [-0.4, -0.2) is 49.6 Å². The lowest BCUT2D eigenvalue weighted by atomic mass is 10.2. The number of carboxylic acid groups (broad SMARTS) is 2. The predicted molar refractivity (Wildman–Crippen MR) is 109 cm³/mol. The molecule has 2 aromatic rings. The SMILES string of the molecule is COc1cc(C(=O)O)ccc1OCCCCCCOc1ccc(C(=O)O)cc1OC. The molecule has 8 heteroatoms. The van der Waals surface area contributed by atoms with Crippen molar-refractivity contribution in [1.29, 1.82) is 0 Å². The summed E-state index contributed by atoms with van der Waals surface area (Å²) in [6.45, 7) is 0.988. The van der Waals surface area contributed by atoms with Gasteiger partial charge in [-0.25, -0.2) is 9.59 Å². The fraction of sp³-hybridized carbons (Fsp3) is 0.364. The van der Waals surface area contributed by atoms with Crippen LogP contribution in [0.4, 0.5) is 0 Å². The topological polar surface area (TPSA) is 112 Å². The summed E-state index contributed by atoms with van der Waals surface area (Å²) < 4.78 is 21.7. The van der Waals surface area contributed by atoms with Crippen molar-refractivity contribution in [2.45, 2.75) is 25.7 Å². The van der Waals surface area contributed by atoms with Crippen molar-refractivity contribution in [1.82, 2.24) is 0 Å². The molecule has 0 aliphatic rings. The van der Waals surface area contributed by atoms with E-state index in [0.29, 0.717) is 36.2 Å². The van der Waals surface area contributed by atoms with E-state index in [4.69, 9.17) is 29.2 Å². The number of benzene rings is 2. The van der Waals surface area contributed by atoms with Gasteiger partial charge in [-0.05, 0) is 62.1 Å². The molecule has 2 rings (SSSR count). The van der Waals surface area contributed by atoms with Gasteiger partial charge in [0, 0.05) is 0 Å². The van der Waals surface area contributed by atoms with Gasteiger partial charge in [0.2, 0.25) is 0 Å². The molecule has 0 unspecified atom stereocenters. The second kappa shape index (κ2) is 11.5. The monoisotopic (exact) mass is 418 g/mol. The summed E-state index contributed by atoms with van der Waals surface area (Å²) in [4.78, 5) is 22.0. The summed E-state index contributed by atoms with van der Waals surface area (Å²) >= 11 is 0. The second-order valence-corrected chi connectivity index (χ2v) is 6.45. The number of carbonyl (C=O) groups is 2. The van der Waals surface area contributed by atoms with Crippen molar-refractivity contribution < 1.29 is 38.7 Å². The summed E-state index contributed by atoms with van der Waals surface area (Å²) in [7, 11) is 2.94. The molecule has 162 valence electrons. The van der Waals surface area contributed by atoms with Crippen LogP contribution in [0.2, 0.25) is 0 Å². The largest absolute Gasteiger partial charge is 0.493 e. The van der Waals surface area contributed by atoms with E-state index in [1.54, 1.807) is 12.1 Å². The van der Waals surface area contributed by atoms with E-state index >= 15 is 0 Å². The molecule has 8 nitrogen and oxygen atoms in total. The maximum Gasteiger partial charge on any atom is 0.335 e. The third-order valence-corrected chi connectivity index (χ3v) is 4.37. The summed E-state index contributed by atoms with van der Waals surface area (Å²) in [6.07, 6.45) is 3.54. The minimum absolute atomic E-state index is 0.147. The molecule has 0 aliphatic heterocycles. The van der Waals surface area contributed by atoms with Gasteiger partial charge in [-0.1, -0.05) is 0 Å². The van der Waals surface area contributed by atoms with Crippen molar-refractivity contribution in [2.75, 3.05) is 27.4 Å². The number of unbranched alkanes of at least 4 members (excludes halogenated alkanes) is 3. The molecule has 0 radical (unpaired) electrons. The average Bonchev–Trinajstić information content (AvgIpc) is 2.75. The molecule has 0 aromatic heterocycles. The number of carboxylic acids is 2. The normalized spacial score (nSPS) is 10.3. The Morgan fingerprint density at radius 3 is 1.40 bits per heavy atom. The van der Waals surface area contributed by atoms with Crippen LogP contribution in [0.1, 0.15) is 46.4 Å². The lowest BCUT2D eigenvalue weighted by Crippen LogP contribution is -2.03. The average molecular weight is 418 g/mol. The molecule has 0 heterocycles. The van der Waals surface area contributed by atoms with E-state index in [1.807, 2.05) is 0 Å². The van der Waals surface area contributed by atoms with Gasteiger partial charge in [0.05, 0.1) is 38.6 Å². The third-order valence-electron chi connectivity index (χ3n) is 4.37. The molecular formula is C22H26O8. The Bertz CT molecular complexity index is 791. The molecule has 2 aromatic carbocycles. The molecule has 0 atom stereocenters. The zero-order valence-electron chi connectivity index (χ0n) is 17.1. The molecule has 0 saturated carbocycles. The zero-order chi connectivity index (χ0) is 21.9. The molecule has 0 fully saturated rings. The van der Waals surface area contributed by atoms with Gasteiger partial charge in [-0.2, -0.15) is 0 Å². The van der Waals surface area contributed by atoms with Gasteiger partial charge < -0.3 is 29.2 Å². The molecule has 0 aliphatic carbocycles. The fourth-order valence-corrected chi connectivity index (χ4v) is 2.76. The minimum atomic E-state index is -1.02. The fourth-order valence-electron chi connectivity index (χ4n) is 2.76. The smallest absolute Gasteiger partial charge is 0.335 e. The third kappa shape index (κ3) is 6.58. The van der Waals surface area contributed by atoms with Crippen LogP contribution in [0.3, 0.4) is 0 Å². The van der Waals surface area contributed by atoms with E-state index in [2.05, 4.69) is 0 Å². The van der Waals surface area contributed by atoms with Gasteiger partial charge in [0.15, 0.2) is 23.0 Å². The van der Waals surface area contributed by atoms with Crippen LogP contribution < -0.4 is 18.9 Å². The number of rotatable bonds is 13. The zero-order valence-corrected chi connectivity index (χ0v) is 17.1. The first kappa shape index (κ1) is 22.9. The summed E-state index contributed by atoms with van der Waals surface area (Å²) in [5.74, 6) is -0.210. The first-order valence-corrected chi connectivity index (χ1v) is 9.54. The molecule has 2 N–H and O–H groups in total. The highest BCUT2D eigenvalue weighted by Crippen LogP contribution is 2.29.